The fraction of sp³-hybridized carbons (Fsp3) is 0.419. The van der Waals surface area contributed by atoms with Gasteiger partial charge in [-0.1, -0.05) is 27.2 Å². The summed E-state index contributed by atoms with van der Waals surface area (Å²) >= 11 is 0. The zero-order chi connectivity index (χ0) is 65.7. The largest absolute Gasteiger partial charge is 0.394 e. The highest BCUT2D eigenvalue weighted by Crippen LogP contribution is 2.40. The average molecular weight is 1280 g/mol. The molecule has 13 rings (SSSR count). The second-order valence-electron chi connectivity index (χ2n) is 23.3. The molecule has 1 aliphatic carbocycles. The number of hydrogen-bond acceptors (Lipinski definition) is 18. The van der Waals surface area contributed by atoms with Crippen LogP contribution in [0.1, 0.15) is 91.3 Å². The second kappa shape index (κ2) is 27.8. The van der Waals surface area contributed by atoms with Crippen molar-refractivity contribution in [3.63, 3.8) is 0 Å². The highest BCUT2D eigenvalue weighted by Gasteiger charge is 2.36. The van der Waals surface area contributed by atoms with Gasteiger partial charge in [-0.25, -0.2) is 46.1 Å². The van der Waals surface area contributed by atoms with E-state index in [1.165, 1.54) is 50.4 Å². The number of aliphatic hydroxyl groups is 6. The van der Waals surface area contributed by atoms with E-state index in [1.807, 2.05) is 29.2 Å². The predicted octanol–water partition coefficient (Wildman–Crippen LogP) is 7.39. The third kappa shape index (κ3) is 14.5. The van der Waals surface area contributed by atoms with Gasteiger partial charge in [-0.15, -0.1) is 0 Å². The number of fused-ring (bicyclic) bond motifs is 3. The zero-order valence-corrected chi connectivity index (χ0v) is 51.7. The molecule has 93 heavy (non-hydrogen) atoms. The van der Waals surface area contributed by atoms with E-state index in [-0.39, 0.29) is 52.3 Å². The molecule has 0 amide bonds. The molecule has 12 aromatic heterocycles. The molecule has 6 atom stereocenters. The van der Waals surface area contributed by atoms with Crippen molar-refractivity contribution < 1.29 is 48.2 Å². The van der Waals surface area contributed by atoms with Crippen molar-refractivity contribution in [2.75, 3.05) is 19.8 Å². The van der Waals surface area contributed by atoms with Gasteiger partial charge in [-0.3, -0.25) is 28.1 Å². The van der Waals surface area contributed by atoms with Crippen molar-refractivity contribution in [3.8, 4) is 67.5 Å². The minimum atomic E-state index is -2.91. The lowest BCUT2D eigenvalue weighted by atomic mass is 9.79. The highest BCUT2D eigenvalue weighted by molar-refractivity contribution is 5.80. The van der Waals surface area contributed by atoms with Crippen LogP contribution >= 0.6 is 0 Å². The quantitative estimate of drug-likeness (QED) is 0.0321. The van der Waals surface area contributed by atoms with Gasteiger partial charge in [0, 0.05) is 84.4 Å². The van der Waals surface area contributed by atoms with Crippen LogP contribution in [0.3, 0.4) is 0 Å². The van der Waals surface area contributed by atoms with E-state index < -0.39 is 42.2 Å². The molecule has 31 heteroatoms. The lowest BCUT2D eigenvalue weighted by Gasteiger charge is -2.33. The molecular weight excluding hydrogens is 1210 g/mol. The lowest BCUT2D eigenvalue weighted by Crippen LogP contribution is -2.27. The Hall–Kier alpha value is -9.40. The maximum atomic E-state index is 14.0. The molecule has 6 N–H and O–H groups in total. The molecule has 490 valence electrons. The third-order valence-corrected chi connectivity index (χ3v) is 16.4. The Morgan fingerprint density at radius 3 is 1.04 bits per heavy atom. The van der Waals surface area contributed by atoms with Crippen LogP contribution in [-0.4, -0.2) is 183 Å². The molecule has 0 radical (unpaired) electrons. The summed E-state index contributed by atoms with van der Waals surface area (Å²) in [6, 6.07) is 3.85. The minimum absolute atomic E-state index is 0.143. The van der Waals surface area contributed by atoms with E-state index in [4.69, 9.17) is 30.3 Å². The Bertz CT molecular complexity index is 4220. The maximum absolute atomic E-state index is 14.0. The first kappa shape index (κ1) is 65.1. The smallest absolute Gasteiger partial charge is 0.267 e. The van der Waals surface area contributed by atoms with Crippen LogP contribution in [0.15, 0.2) is 130 Å². The molecule has 0 aromatic carbocycles. The van der Waals surface area contributed by atoms with Crippen LogP contribution in [0.2, 0.25) is 0 Å². The minimum Gasteiger partial charge on any atom is -0.394 e. The van der Waals surface area contributed by atoms with E-state index in [2.05, 4.69) is 63.7 Å². The topological polar surface area (TPSA) is 319 Å². The fourth-order valence-corrected chi connectivity index (χ4v) is 11.5. The van der Waals surface area contributed by atoms with Gasteiger partial charge < -0.3 is 30.6 Å². The van der Waals surface area contributed by atoms with E-state index in [1.54, 1.807) is 114 Å². The fourth-order valence-electron chi connectivity index (χ4n) is 11.5. The van der Waals surface area contributed by atoms with Crippen LogP contribution in [0, 0.1) is 5.92 Å². The first-order valence-corrected chi connectivity index (χ1v) is 30.6. The number of alkyl halides is 4. The van der Waals surface area contributed by atoms with Crippen molar-refractivity contribution in [2.45, 2.75) is 141 Å². The van der Waals surface area contributed by atoms with Gasteiger partial charge in [0.1, 0.15) is 12.1 Å². The monoisotopic (exact) mass is 1280 g/mol. The number of rotatable bonds is 24. The van der Waals surface area contributed by atoms with Gasteiger partial charge in [-0.2, -0.15) is 45.9 Å². The lowest BCUT2D eigenvalue weighted by molar-refractivity contribution is -0.0390. The van der Waals surface area contributed by atoms with Crippen LogP contribution in [-0.2, 0) is 19.6 Å². The van der Waals surface area contributed by atoms with E-state index >= 15 is 0 Å². The van der Waals surface area contributed by atoms with Crippen LogP contribution in [0.4, 0.5) is 17.6 Å². The molecular formula is C62H73F4N21O6. The number of nitrogens with zero attached hydrogens (tertiary/aromatic N) is 21. The van der Waals surface area contributed by atoms with Gasteiger partial charge in [0.25, 0.3) is 11.8 Å². The normalized spacial score (nSPS) is 15.0. The van der Waals surface area contributed by atoms with Crippen molar-refractivity contribution in [3.05, 3.63) is 130 Å². The summed E-state index contributed by atoms with van der Waals surface area (Å²) in [6.45, 7) is 6.87. The molecule has 0 aliphatic heterocycles. The van der Waals surface area contributed by atoms with Crippen molar-refractivity contribution in [2.24, 2.45) is 5.92 Å². The molecule has 1 aliphatic rings. The average Bonchev–Trinajstić information content (AvgIpc) is 1.67. The number of halogens is 4. The molecule has 1 unspecified atom stereocenters. The van der Waals surface area contributed by atoms with Crippen molar-refractivity contribution >= 4 is 16.6 Å². The van der Waals surface area contributed by atoms with E-state index in [0.29, 0.717) is 68.0 Å². The Balaban J connectivity index is 0.000000143. The second-order valence-corrected chi connectivity index (χ2v) is 23.3. The third-order valence-electron chi connectivity index (χ3n) is 16.4. The summed E-state index contributed by atoms with van der Waals surface area (Å²) in [5, 5.41) is 94.7. The summed E-state index contributed by atoms with van der Waals surface area (Å²) in [5.74, 6) is -5.10. The zero-order valence-electron chi connectivity index (χ0n) is 51.7. The number of aromatic nitrogens is 21. The molecule has 0 saturated heterocycles. The van der Waals surface area contributed by atoms with Crippen molar-refractivity contribution in [1.29, 1.82) is 0 Å². The Morgan fingerprint density at radius 1 is 0.430 bits per heavy atom. The maximum Gasteiger partial charge on any atom is 0.267 e. The highest BCUT2D eigenvalue weighted by atomic mass is 19.3. The summed E-state index contributed by atoms with van der Waals surface area (Å²) in [7, 11) is 0. The van der Waals surface area contributed by atoms with E-state index in [9.17, 15) is 32.9 Å². The predicted molar refractivity (Wildman–Crippen MR) is 332 cm³/mol. The summed E-state index contributed by atoms with van der Waals surface area (Å²) < 4.78 is 70.3. The molecule has 12 heterocycles. The molecule has 1 fully saturated rings. The summed E-state index contributed by atoms with van der Waals surface area (Å²) in [4.78, 5) is 14.4. The first-order chi connectivity index (χ1) is 44.7. The van der Waals surface area contributed by atoms with Gasteiger partial charge in [0.15, 0.2) is 0 Å². The molecule has 12 aromatic rings. The van der Waals surface area contributed by atoms with E-state index in [0.717, 1.165) is 48.3 Å². The van der Waals surface area contributed by atoms with Gasteiger partial charge in [0.2, 0.25) is 0 Å². The van der Waals surface area contributed by atoms with Crippen LogP contribution in [0.25, 0.3) is 84.1 Å². The molecule has 27 nitrogen and oxygen atoms in total. The number of aliphatic hydroxyl groups excluding tert-OH is 6. The molecule has 0 spiro atoms. The van der Waals surface area contributed by atoms with Crippen molar-refractivity contribution in [1.82, 2.24) is 102 Å². The summed E-state index contributed by atoms with van der Waals surface area (Å²) in [5.41, 5.74) is 10.5. The standard InChI is InChI=1S/C22H27N7O2.2C20H23F2N7O2/c1-2-20(15-4-3-5-15)28-11-17(9-25-28)22-21-6-7-23-29(21)13-19(26-22)16-8-24-27(10-16)12-18(31)14-30;2*1-3-18(20(2,21)22)29-9-14(7-25-29)19-17-4-5-23-28(17)11-16(26-19)13-6-24-27(8-13)10-15(31)12-30/h6-11,13,15,18,20,30-31H,2-5,12,14H2,1H3;2*4-9,11,15,18,30-31H,3,10,12H2,1-2H3/t18-,20+;15-,18?;15-,18+/m111/s1. The number of hydrogen-bond donors (Lipinski definition) is 6. The molecule has 1 saturated carbocycles. The summed E-state index contributed by atoms with van der Waals surface area (Å²) in [6.07, 6.45) is 33.4. The Morgan fingerprint density at radius 2 is 0.753 bits per heavy atom. The first-order valence-electron chi connectivity index (χ1n) is 30.6. The van der Waals surface area contributed by atoms with Gasteiger partial charge >= 0.3 is 0 Å². The van der Waals surface area contributed by atoms with Crippen LogP contribution in [0.5, 0.6) is 0 Å². The Kier molecular flexibility index (Phi) is 19.5. The SMILES string of the molecule is CCC(n1cc(-c2nc(-c3cnn(C[C@@H](O)CO)c3)cn3nccc23)cn1)C(C)(F)F.CC[C@@H](C1CCC1)n1cc(-c2nc(-c3cnn(C[C@@H](O)CO)c3)cn3nccc23)cn1.CC[C@H](n1cc(-c2nc(-c3cnn(C[C@@H](O)CO)c3)cn3nccc23)cn1)C(C)(F)F. The van der Waals surface area contributed by atoms with Gasteiger partial charge in [-0.05, 0) is 56.2 Å². The Labute approximate surface area is 529 Å². The van der Waals surface area contributed by atoms with Crippen LogP contribution < -0.4 is 0 Å². The molecule has 0 bridgehead atoms. The van der Waals surface area contributed by atoms with Gasteiger partial charge in [0.05, 0.1) is 189 Å².